The molecule has 1 saturated heterocycles. The first-order valence-corrected chi connectivity index (χ1v) is 10.7. The summed E-state index contributed by atoms with van der Waals surface area (Å²) >= 11 is 0. The Hall–Kier alpha value is -2.33. The average molecular weight is 394 g/mol. The molecule has 29 heavy (non-hydrogen) atoms. The molecule has 0 saturated carbocycles. The molecule has 2 aliphatic rings. The number of hydrogen-bond acceptors (Lipinski definition) is 3. The van der Waals surface area contributed by atoms with E-state index < -0.39 is 0 Å². The molecule has 1 amide bonds. The smallest absolute Gasteiger partial charge is 0.254 e. The summed E-state index contributed by atoms with van der Waals surface area (Å²) in [5, 5.41) is 0. The Labute approximate surface area is 173 Å². The highest BCUT2D eigenvalue weighted by molar-refractivity contribution is 5.99. The molecule has 0 aromatic heterocycles. The number of ether oxygens (including phenoxy) is 2. The molecular formula is C25H31NO3. The Kier molecular flexibility index (Phi) is 5.64. The summed E-state index contributed by atoms with van der Waals surface area (Å²) < 4.78 is 11.4. The molecule has 0 bridgehead atoms. The first-order chi connectivity index (χ1) is 13.9. The summed E-state index contributed by atoms with van der Waals surface area (Å²) in [7, 11) is 0. The Morgan fingerprint density at radius 2 is 1.93 bits per heavy atom. The van der Waals surface area contributed by atoms with Crippen LogP contribution in [0.2, 0.25) is 0 Å². The van der Waals surface area contributed by atoms with E-state index in [1.54, 1.807) is 0 Å². The number of nitrogens with zero attached hydrogens (tertiary/aromatic N) is 1. The van der Waals surface area contributed by atoms with Crippen LogP contribution in [0.25, 0.3) is 0 Å². The zero-order valence-electron chi connectivity index (χ0n) is 18.0. The number of carbonyl (C=O) groups is 1. The molecule has 4 nitrogen and oxygen atoms in total. The predicted molar refractivity (Wildman–Crippen MR) is 115 cm³/mol. The highest BCUT2D eigenvalue weighted by atomic mass is 16.5. The van der Waals surface area contributed by atoms with Gasteiger partial charge in [0.05, 0.1) is 18.8 Å². The van der Waals surface area contributed by atoms with Crippen molar-refractivity contribution in [3.8, 4) is 5.75 Å². The number of hydrogen-bond donors (Lipinski definition) is 0. The van der Waals surface area contributed by atoms with Gasteiger partial charge in [-0.15, -0.1) is 0 Å². The van der Waals surface area contributed by atoms with Crippen molar-refractivity contribution in [3.63, 3.8) is 0 Å². The molecule has 0 radical (unpaired) electrons. The first kappa shape index (κ1) is 20.0. The topological polar surface area (TPSA) is 38.8 Å². The van der Waals surface area contributed by atoms with Gasteiger partial charge in [0.25, 0.3) is 5.91 Å². The second-order valence-corrected chi connectivity index (χ2v) is 8.60. The van der Waals surface area contributed by atoms with E-state index in [0.717, 1.165) is 43.7 Å². The lowest BCUT2D eigenvalue weighted by Crippen LogP contribution is -2.41. The summed E-state index contributed by atoms with van der Waals surface area (Å²) in [4.78, 5) is 15.2. The molecule has 2 aliphatic heterocycles. The fourth-order valence-electron chi connectivity index (χ4n) is 4.46. The third kappa shape index (κ3) is 4.04. The fourth-order valence-corrected chi connectivity index (χ4v) is 4.46. The second kappa shape index (κ2) is 8.19. The van der Waals surface area contributed by atoms with E-state index in [2.05, 4.69) is 32.0 Å². The van der Waals surface area contributed by atoms with Gasteiger partial charge in [-0.05, 0) is 93.0 Å². The highest BCUT2D eigenvalue weighted by Crippen LogP contribution is 2.33. The van der Waals surface area contributed by atoms with Crippen LogP contribution in [0.3, 0.4) is 0 Å². The van der Waals surface area contributed by atoms with Crippen LogP contribution in [0.1, 0.15) is 64.9 Å². The Bertz CT molecular complexity index is 895. The minimum Gasteiger partial charge on any atom is -0.491 e. The maximum Gasteiger partial charge on any atom is 0.254 e. The van der Waals surface area contributed by atoms with Crippen molar-refractivity contribution >= 4 is 5.91 Å². The number of rotatable bonds is 5. The van der Waals surface area contributed by atoms with E-state index in [4.69, 9.17) is 9.47 Å². The summed E-state index contributed by atoms with van der Waals surface area (Å²) in [6.45, 7) is 10.6. The molecule has 2 heterocycles. The molecule has 4 heteroatoms. The van der Waals surface area contributed by atoms with Crippen molar-refractivity contribution < 1.29 is 14.3 Å². The maximum absolute atomic E-state index is 13.2. The zero-order chi connectivity index (χ0) is 20.5. The van der Waals surface area contributed by atoms with Gasteiger partial charge in [-0.2, -0.15) is 0 Å². The van der Waals surface area contributed by atoms with Crippen LogP contribution in [-0.4, -0.2) is 36.2 Å². The minimum atomic E-state index is 0.167. The van der Waals surface area contributed by atoms with Crippen LogP contribution < -0.4 is 4.74 Å². The summed E-state index contributed by atoms with van der Waals surface area (Å²) in [5.41, 5.74) is 7.09. The third-order valence-corrected chi connectivity index (χ3v) is 6.23. The van der Waals surface area contributed by atoms with Crippen LogP contribution in [0.4, 0.5) is 0 Å². The van der Waals surface area contributed by atoms with Crippen molar-refractivity contribution in [1.29, 1.82) is 0 Å². The monoisotopic (exact) mass is 393 g/mol. The second-order valence-electron chi connectivity index (χ2n) is 8.60. The van der Waals surface area contributed by atoms with Gasteiger partial charge in [-0.1, -0.05) is 12.1 Å². The molecule has 0 aliphatic carbocycles. The summed E-state index contributed by atoms with van der Waals surface area (Å²) in [6.07, 6.45) is 3.06. The van der Waals surface area contributed by atoms with Gasteiger partial charge in [-0.3, -0.25) is 4.79 Å². The number of benzene rings is 2. The number of fused-ring (bicyclic) bond motifs is 1. The van der Waals surface area contributed by atoms with Crippen LogP contribution in [0.5, 0.6) is 5.75 Å². The normalized spacial score (nSPS) is 19.0. The van der Waals surface area contributed by atoms with Crippen LogP contribution in [0, 0.1) is 13.8 Å². The van der Waals surface area contributed by atoms with Crippen molar-refractivity contribution in [2.75, 3.05) is 13.2 Å². The van der Waals surface area contributed by atoms with E-state index in [-0.39, 0.29) is 18.1 Å². The van der Waals surface area contributed by atoms with Gasteiger partial charge in [0.15, 0.2) is 0 Å². The zero-order valence-corrected chi connectivity index (χ0v) is 18.0. The first-order valence-electron chi connectivity index (χ1n) is 10.7. The lowest BCUT2D eigenvalue weighted by atomic mass is 9.91. The van der Waals surface area contributed by atoms with Gasteiger partial charge in [0, 0.05) is 18.7 Å². The molecule has 1 fully saturated rings. The molecule has 1 atom stereocenters. The molecule has 4 rings (SSSR count). The minimum absolute atomic E-state index is 0.167. The van der Waals surface area contributed by atoms with E-state index in [1.807, 2.05) is 30.9 Å². The molecule has 0 N–H and O–H groups in total. The molecule has 2 aromatic carbocycles. The number of carbonyl (C=O) groups excluding carboxylic acids is 1. The summed E-state index contributed by atoms with van der Waals surface area (Å²) in [6, 6.07) is 10.6. The quantitative estimate of drug-likeness (QED) is 0.731. The van der Waals surface area contributed by atoms with E-state index in [0.29, 0.717) is 6.61 Å². The van der Waals surface area contributed by atoms with E-state index in [1.165, 1.54) is 27.8 Å². The van der Waals surface area contributed by atoms with Gasteiger partial charge in [0.1, 0.15) is 5.75 Å². The largest absolute Gasteiger partial charge is 0.491 e. The predicted octanol–water partition coefficient (Wildman–Crippen LogP) is 4.82. The van der Waals surface area contributed by atoms with Crippen LogP contribution in [0.15, 0.2) is 30.3 Å². The SMILES string of the molecule is Cc1c(Cc2ccc(OC(C)C)cc2)cc2c(c1C)CN([C@@H]1CCCOC1)C2=O. The van der Waals surface area contributed by atoms with Gasteiger partial charge < -0.3 is 14.4 Å². The third-order valence-electron chi connectivity index (χ3n) is 6.23. The molecule has 154 valence electrons. The number of amides is 1. The Morgan fingerprint density at radius 3 is 2.59 bits per heavy atom. The molecule has 0 spiro atoms. The standard InChI is InChI=1S/C25H31NO3/c1-16(2)29-22-9-7-19(8-10-22)12-20-13-23-24(18(4)17(20)3)14-26(25(23)27)21-6-5-11-28-15-21/h7-10,13,16,21H,5-6,11-12,14-15H2,1-4H3/t21-/m1/s1. The van der Waals surface area contributed by atoms with Crippen molar-refractivity contribution in [2.24, 2.45) is 0 Å². The highest BCUT2D eigenvalue weighted by Gasteiger charge is 2.35. The lowest BCUT2D eigenvalue weighted by molar-refractivity contribution is 0.0179. The Balaban J connectivity index is 1.57. The molecular weight excluding hydrogens is 362 g/mol. The lowest BCUT2D eigenvalue weighted by Gasteiger charge is -2.30. The van der Waals surface area contributed by atoms with E-state index >= 15 is 0 Å². The molecule has 0 unspecified atom stereocenters. The van der Waals surface area contributed by atoms with Crippen molar-refractivity contribution in [1.82, 2.24) is 4.90 Å². The average Bonchev–Trinajstić information content (AvgIpc) is 3.04. The fraction of sp³-hybridized carbons (Fsp3) is 0.480. The van der Waals surface area contributed by atoms with Crippen LogP contribution >= 0.6 is 0 Å². The van der Waals surface area contributed by atoms with Gasteiger partial charge >= 0.3 is 0 Å². The van der Waals surface area contributed by atoms with Crippen molar-refractivity contribution in [3.05, 3.63) is 63.7 Å². The summed E-state index contributed by atoms with van der Waals surface area (Å²) in [5.74, 6) is 1.06. The van der Waals surface area contributed by atoms with Crippen molar-refractivity contribution in [2.45, 2.75) is 65.6 Å². The molecule has 2 aromatic rings. The van der Waals surface area contributed by atoms with Gasteiger partial charge in [-0.25, -0.2) is 0 Å². The maximum atomic E-state index is 13.2. The van der Waals surface area contributed by atoms with E-state index in [9.17, 15) is 4.79 Å². The van der Waals surface area contributed by atoms with Crippen LogP contribution in [-0.2, 0) is 17.7 Å². The van der Waals surface area contributed by atoms with Gasteiger partial charge in [0.2, 0.25) is 0 Å². The Morgan fingerprint density at radius 1 is 1.17 bits per heavy atom.